The molecular formula is C22H16Cl3F4NO3. The van der Waals surface area contributed by atoms with Crippen molar-refractivity contribution < 1.29 is 32.3 Å². The molecule has 176 valence electrons. The Morgan fingerprint density at radius 2 is 1.70 bits per heavy atom. The number of aliphatic carboxylic acids is 1. The van der Waals surface area contributed by atoms with E-state index in [1.165, 1.54) is 19.1 Å². The molecule has 3 rings (SSSR count). The number of amides is 1. The Labute approximate surface area is 201 Å². The molecule has 0 spiro atoms. The molecule has 1 saturated carbocycles. The summed E-state index contributed by atoms with van der Waals surface area (Å²) in [6, 6.07) is 5.50. The summed E-state index contributed by atoms with van der Waals surface area (Å²) in [6.45, 7) is 1.46. The van der Waals surface area contributed by atoms with Crippen molar-refractivity contribution in [3.63, 3.8) is 0 Å². The van der Waals surface area contributed by atoms with Gasteiger partial charge in [0, 0.05) is 11.1 Å². The number of aryl methyl sites for hydroxylation is 1. The van der Waals surface area contributed by atoms with Crippen molar-refractivity contribution in [1.29, 1.82) is 0 Å². The first-order valence-electron chi connectivity index (χ1n) is 9.50. The van der Waals surface area contributed by atoms with Crippen molar-refractivity contribution in [3.8, 4) is 0 Å². The van der Waals surface area contributed by atoms with Crippen LogP contribution in [0.1, 0.15) is 45.8 Å². The average molecular weight is 525 g/mol. The van der Waals surface area contributed by atoms with Gasteiger partial charge in [-0.1, -0.05) is 40.9 Å². The van der Waals surface area contributed by atoms with Gasteiger partial charge in [0.05, 0.1) is 15.1 Å². The van der Waals surface area contributed by atoms with Crippen molar-refractivity contribution in [2.24, 2.45) is 0 Å². The Kier molecular flexibility index (Phi) is 7.03. The van der Waals surface area contributed by atoms with Crippen molar-refractivity contribution in [3.05, 3.63) is 73.7 Å². The van der Waals surface area contributed by atoms with E-state index < -0.39 is 40.9 Å². The molecule has 0 bridgehead atoms. The summed E-state index contributed by atoms with van der Waals surface area (Å²) in [5, 5.41) is 11.1. The van der Waals surface area contributed by atoms with Crippen LogP contribution in [0.4, 0.5) is 17.6 Å². The third-order valence-electron chi connectivity index (χ3n) is 5.29. The second kappa shape index (κ2) is 9.16. The molecule has 2 N–H and O–H groups in total. The van der Waals surface area contributed by atoms with Crippen molar-refractivity contribution in [2.45, 2.75) is 37.4 Å². The number of nitrogens with one attached hydrogen (secondary N) is 1. The maximum Gasteiger partial charge on any atom is 0.399 e. The fraction of sp³-hybridized carbons (Fsp3) is 0.273. The van der Waals surface area contributed by atoms with E-state index in [2.05, 4.69) is 5.32 Å². The van der Waals surface area contributed by atoms with E-state index in [4.69, 9.17) is 34.8 Å². The molecule has 1 amide bonds. The molecule has 2 aromatic rings. The molecule has 0 heterocycles. The number of rotatable bonds is 6. The Bertz CT molecular complexity index is 1140. The molecule has 4 nitrogen and oxygen atoms in total. The van der Waals surface area contributed by atoms with Crippen LogP contribution in [-0.4, -0.2) is 28.7 Å². The molecule has 1 aliphatic carbocycles. The summed E-state index contributed by atoms with van der Waals surface area (Å²) in [5.41, 5.74) is -1.55. The van der Waals surface area contributed by atoms with Gasteiger partial charge in [0.15, 0.2) is 0 Å². The summed E-state index contributed by atoms with van der Waals surface area (Å²) in [7, 11) is 0. The van der Waals surface area contributed by atoms with Gasteiger partial charge in [0.25, 0.3) is 5.91 Å². The zero-order valence-corrected chi connectivity index (χ0v) is 19.1. The molecule has 0 aliphatic heterocycles. The van der Waals surface area contributed by atoms with Crippen LogP contribution < -0.4 is 5.32 Å². The largest absolute Gasteiger partial charge is 0.480 e. The minimum Gasteiger partial charge on any atom is -0.480 e. The zero-order valence-electron chi connectivity index (χ0n) is 16.9. The third-order valence-corrected chi connectivity index (χ3v) is 6.49. The number of halogens is 7. The summed E-state index contributed by atoms with van der Waals surface area (Å²) in [4.78, 5) is 23.7. The summed E-state index contributed by atoms with van der Waals surface area (Å²) < 4.78 is 55.9. The molecule has 1 aliphatic rings. The quantitative estimate of drug-likeness (QED) is 0.317. The number of alkyl halides is 3. The summed E-state index contributed by atoms with van der Waals surface area (Å²) in [5.74, 6) is -5.36. The van der Waals surface area contributed by atoms with Gasteiger partial charge in [-0.2, -0.15) is 13.2 Å². The monoisotopic (exact) mass is 523 g/mol. The average Bonchev–Trinajstić information content (AvgIpc) is 3.49. The lowest BCUT2D eigenvalue weighted by Crippen LogP contribution is -2.43. The lowest BCUT2D eigenvalue weighted by molar-refractivity contribution is -0.140. The smallest absolute Gasteiger partial charge is 0.399 e. The first-order chi connectivity index (χ1) is 15.2. The molecule has 0 radical (unpaired) electrons. The van der Waals surface area contributed by atoms with Gasteiger partial charge >= 0.3 is 12.1 Å². The topological polar surface area (TPSA) is 66.4 Å². The fourth-order valence-corrected chi connectivity index (χ4v) is 3.86. The number of allylic oxidation sites excluding steroid dienone is 1. The van der Waals surface area contributed by atoms with E-state index in [9.17, 15) is 32.3 Å². The van der Waals surface area contributed by atoms with Crippen LogP contribution in [-0.2, 0) is 4.79 Å². The first-order valence-corrected chi connectivity index (χ1v) is 10.6. The van der Waals surface area contributed by atoms with Gasteiger partial charge in [-0.3, -0.25) is 4.79 Å². The van der Waals surface area contributed by atoms with Crippen molar-refractivity contribution in [1.82, 2.24) is 5.32 Å². The molecule has 0 aromatic heterocycles. The molecule has 1 unspecified atom stereocenters. The number of carbonyl (C=O) groups excluding carboxylic acids is 1. The summed E-state index contributed by atoms with van der Waals surface area (Å²) >= 11 is 17.5. The van der Waals surface area contributed by atoms with E-state index in [-0.39, 0.29) is 31.8 Å². The Morgan fingerprint density at radius 1 is 1.12 bits per heavy atom. The highest BCUT2D eigenvalue weighted by molar-refractivity contribution is 6.48. The fourth-order valence-electron chi connectivity index (χ4n) is 3.25. The van der Waals surface area contributed by atoms with Gasteiger partial charge < -0.3 is 10.4 Å². The van der Waals surface area contributed by atoms with E-state index >= 15 is 0 Å². The highest BCUT2D eigenvalue weighted by Gasteiger charge is 2.51. The van der Waals surface area contributed by atoms with Crippen molar-refractivity contribution >= 4 is 52.5 Å². The number of hydrogen-bond acceptors (Lipinski definition) is 2. The molecule has 0 saturated heterocycles. The summed E-state index contributed by atoms with van der Waals surface area (Å²) in [6.07, 6.45) is -3.89. The Hall–Kier alpha value is -2.29. The molecule has 2 aromatic carbocycles. The normalized spacial score (nSPS) is 16.3. The Balaban J connectivity index is 1.91. The van der Waals surface area contributed by atoms with Crippen LogP contribution >= 0.6 is 34.8 Å². The second-order valence-electron chi connectivity index (χ2n) is 7.70. The Morgan fingerprint density at radius 3 is 2.15 bits per heavy atom. The second-order valence-corrected chi connectivity index (χ2v) is 8.90. The minimum absolute atomic E-state index is 0.0858. The number of carboxylic acids is 1. The van der Waals surface area contributed by atoms with E-state index in [0.29, 0.717) is 18.9 Å². The first kappa shape index (κ1) is 25.3. The highest BCUT2D eigenvalue weighted by Crippen LogP contribution is 2.42. The van der Waals surface area contributed by atoms with Crippen LogP contribution in [0.25, 0.3) is 5.83 Å². The predicted molar refractivity (Wildman–Crippen MR) is 118 cm³/mol. The van der Waals surface area contributed by atoms with Gasteiger partial charge in [-0.15, -0.1) is 0 Å². The van der Waals surface area contributed by atoms with Crippen LogP contribution in [0.15, 0.2) is 36.4 Å². The lowest BCUT2D eigenvalue weighted by Gasteiger charge is -2.19. The van der Waals surface area contributed by atoms with Crippen LogP contribution in [0.2, 0.25) is 15.1 Å². The van der Waals surface area contributed by atoms with Crippen LogP contribution in [0.5, 0.6) is 0 Å². The van der Waals surface area contributed by atoms with Gasteiger partial charge in [0.2, 0.25) is 0 Å². The van der Waals surface area contributed by atoms with Crippen molar-refractivity contribution in [2.75, 3.05) is 0 Å². The van der Waals surface area contributed by atoms with Gasteiger partial charge in [-0.25, -0.2) is 9.18 Å². The molecule has 1 fully saturated rings. The zero-order chi connectivity index (χ0) is 24.7. The molecule has 33 heavy (non-hydrogen) atoms. The number of carbonyl (C=O) groups is 2. The van der Waals surface area contributed by atoms with Crippen LogP contribution in [0, 0.1) is 6.92 Å². The number of benzene rings is 2. The predicted octanol–water partition coefficient (Wildman–Crippen LogP) is 6.96. The molecule has 11 heteroatoms. The lowest BCUT2D eigenvalue weighted by atomic mass is 9.95. The molecule has 1 atom stereocenters. The molecular weight excluding hydrogens is 509 g/mol. The maximum atomic E-state index is 14.9. The number of carboxylic acid groups (broad SMARTS) is 1. The minimum atomic E-state index is -4.86. The van der Waals surface area contributed by atoms with E-state index in [0.717, 1.165) is 18.2 Å². The van der Waals surface area contributed by atoms with E-state index in [1.807, 2.05) is 0 Å². The highest BCUT2D eigenvalue weighted by atomic mass is 35.5. The number of hydrogen-bond donors (Lipinski definition) is 2. The van der Waals surface area contributed by atoms with Gasteiger partial charge in [0.1, 0.15) is 17.3 Å². The standard InChI is InChI=1S/C22H16Cl3F4NO3/c1-10-6-11(2-3-13(10)19(31)30-21(4-5-21)20(32)33)17(26)9-14(22(27,28)29)12-7-15(23)18(25)16(24)8-12/h2-3,6-9,14H,4-5H2,1H3,(H,30,31)(H,32,33). The van der Waals surface area contributed by atoms with Crippen LogP contribution in [0.3, 0.4) is 0 Å². The third kappa shape index (κ3) is 5.45. The SMILES string of the molecule is Cc1cc(C(F)=CC(c2cc(Cl)c(Cl)c(Cl)c2)C(F)(F)F)ccc1C(=O)NC1(C(=O)O)CC1. The maximum absolute atomic E-state index is 14.9. The van der Waals surface area contributed by atoms with E-state index in [1.54, 1.807) is 0 Å². The van der Waals surface area contributed by atoms with Gasteiger partial charge in [-0.05, 0) is 61.2 Å².